The Morgan fingerprint density at radius 3 is 2.05 bits per heavy atom. The van der Waals surface area contributed by atoms with Crippen LogP contribution < -0.4 is 5.32 Å². The van der Waals surface area contributed by atoms with E-state index in [1.54, 1.807) is 0 Å². The fraction of sp³-hybridized carbons (Fsp3) is 0.333. The van der Waals surface area contributed by atoms with Gasteiger partial charge in [-0.15, -0.1) is 0 Å². The number of hydrogen-bond acceptors (Lipinski definition) is 2. The molecule has 2 N–H and O–H groups in total. The second kappa shape index (κ2) is 5.19. The van der Waals surface area contributed by atoms with Gasteiger partial charge in [-0.2, -0.15) is 0 Å². The molecule has 0 bridgehead atoms. The molecule has 1 aliphatic carbocycles. The summed E-state index contributed by atoms with van der Waals surface area (Å²) in [6, 6.07) is 2.86. The first-order chi connectivity index (χ1) is 8.86. The Balaban J connectivity index is 2.27. The molecule has 0 spiro atoms. The van der Waals surface area contributed by atoms with Crippen LogP contribution in [0.5, 0.6) is 0 Å². The monoisotopic (exact) mass is 321 g/mol. The van der Waals surface area contributed by atoms with Crippen LogP contribution in [0, 0.1) is 5.41 Å². The number of halogens is 3. The zero-order valence-corrected chi connectivity index (χ0v) is 11.9. The zero-order chi connectivity index (χ0) is 14.2. The largest absolute Gasteiger partial charge is 0.480 e. The van der Waals surface area contributed by atoms with Crippen LogP contribution in [0.4, 0.5) is 5.69 Å². The van der Waals surface area contributed by atoms with E-state index < -0.39 is 17.3 Å². The van der Waals surface area contributed by atoms with Crippen molar-refractivity contribution in [2.45, 2.75) is 19.3 Å². The van der Waals surface area contributed by atoms with Crippen LogP contribution in [0.2, 0.25) is 15.1 Å². The average molecular weight is 323 g/mol. The van der Waals surface area contributed by atoms with E-state index in [4.69, 9.17) is 39.9 Å². The van der Waals surface area contributed by atoms with Gasteiger partial charge in [0.15, 0.2) is 0 Å². The van der Waals surface area contributed by atoms with Crippen molar-refractivity contribution in [2.75, 3.05) is 5.32 Å². The zero-order valence-electron chi connectivity index (χ0n) is 9.67. The van der Waals surface area contributed by atoms with E-state index in [9.17, 15) is 9.59 Å². The van der Waals surface area contributed by atoms with E-state index in [-0.39, 0.29) is 15.7 Å². The molecule has 0 atom stereocenters. The van der Waals surface area contributed by atoms with E-state index in [1.807, 2.05) is 0 Å². The third-order valence-corrected chi connectivity index (χ3v) is 4.11. The molecule has 1 saturated carbocycles. The average Bonchev–Trinajstić information content (AvgIpc) is 2.20. The van der Waals surface area contributed by atoms with E-state index in [1.165, 1.54) is 12.1 Å². The number of hydrogen-bond donors (Lipinski definition) is 2. The van der Waals surface area contributed by atoms with Crippen LogP contribution >= 0.6 is 34.8 Å². The summed E-state index contributed by atoms with van der Waals surface area (Å²) in [5, 5.41) is 12.3. The van der Waals surface area contributed by atoms with E-state index >= 15 is 0 Å². The molecule has 2 rings (SSSR count). The topological polar surface area (TPSA) is 66.4 Å². The molecule has 0 aromatic heterocycles. The Morgan fingerprint density at radius 2 is 1.68 bits per heavy atom. The molecule has 1 fully saturated rings. The Bertz CT molecular complexity index is 532. The van der Waals surface area contributed by atoms with Gasteiger partial charge in [-0.25, -0.2) is 0 Å². The number of carbonyl (C=O) groups is 2. The van der Waals surface area contributed by atoms with Crippen LogP contribution in [-0.4, -0.2) is 17.0 Å². The van der Waals surface area contributed by atoms with E-state index in [2.05, 4.69) is 5.32 Å². The highest BCUT2D eigenvalue weighted by Crippen LogP contribution is 2.43. The summed E-state index contributed by atoms with van der Waals surface area (Å²) in [7, 11) is 0. The molecule has 0 saturated heterocycles. The van der Waals surface area contributed by atoms with Gasteiger partial charge in [0.2, 0.25) is 5.91 Å². The van der Waals surface area contributed by atoms with Gasteiger partial charge in [0.25, 0.3) is 0 Å². The summed E-state index contributed by atoms with van der Waals surface area (Å²) in [5.41, 5.74) is -1.18. The molecule has 1 aromatic carbocycles. The van der Waals surface area contributed by atoms with Gasteiger partial charge in [-0.1, -0.05) is 41.2 Å². The highest BCUT2D eigenvalue weighted by atomic mass is 35.5. The van der Waals surface area contributed by atoms with E-state index in [0.717, 1.165) is 0 Å². The van der Waals surface area contributed by atoms with Gasteiger partial charge in [0.05, 0.1) is 15.7 Å². The second-order valence-electron chi connectivity index (χ2n) is 4.44. The smallest absolute Gasteiger partial charge is 0.319 e. The minimum atomic E-state index is -1.37. The number of rotatable bonds is 3. The fourth-order valence-corrected chi connectivity index (χ4v) is 2.87. The van der Waals surface area contributed by atoms with Crippen molar-refractivity contribution < 1.29 is 14.7 Å². The third kappa shape index (κ3) is 2.53. The molecule has 0 heterocycles. The Hall–Kier alpha value is -0.970. The first-order valence-corrected chi connectivity index (χ1v) is 6.69. The Kier molecular flexibility index (Phi) is 3.95. The second-order valence-corrected chi connectivity index (χ2v) is 5.69. The molecule has 7 heteroatoms. The van der Waals surface area contributed by atoms with Crippen LogP contribution in [0.3, 0.4) is 0 Å². The summed E-state index contributed by atoms with van der Waals surface area (Å²) in [6.07, 6.45) is 1.34. The number of aliphatic carboxylic acids is 1. The molecule has 0 unspecified atom stereocenters. The maximum absolute atomic E-state index is 12.1. The quantitative estimate of drug-likeness (QED) is 0.831. The summed E-state index contributed by atoms with van der Waals surface area (Å²) in [5.74, 6) is -1.73. The van der Waals surface area contributed by atoms with Crippen LogP contribution in [0.15, 0.2) is 12.1 Å². The summed E-state index contributed by atoms with van der Waals surface area (Å²) >= 11 is 17.6. The first-order valence-electron chi connectivity index (χ1n) is 5.56. The molecule has 19 heavy (non-hydrogen) atoms. The predicted molar refractivity (Wildman–Crippen MR) is 74.0 cm³/mol. The minimum absolute atomic E-state index is 0.172. The molecular weight excluding hydrogens is 312 g/mol. The van der Waals surface area contributed by atoms with Crippen molar-refractivity contribution in [3.63, 3.8) is 0 Å². The molecule has 1 aromatic rings. The van der Waals surface area contributed by atoms with Gasteiger partial charge >= 0.3 is 5.97 Å². The summed E-state index contributed by atoms with van der Waals surface area (Å²) < 4.78 is 0. The number of benzene rings is 1. The predicted octanol–water partition coefficient (Wildman–Crippen LogP) is 3.84. The normalized spacial score (nSPS) is 16.6. The highest BCUT2D eigenvalue weighted by Gasteiger charge is 2.51. The van der Waals surface area contributed by atoms with Crippen molar-refractivity contribution in [3.05, 3.63) is 27.2 Å². The lowest BCUT2D eigenvalue weighted by Gasteiger charge is -2.35. The molecule has 102 valence electrons. The maximum atomic E-state index is 12.1. The number of carbonyl (C=O) groups excluding carboxylic acids is 1. The minimum Gasteiger partial charge on any atom is -0.480 e. The Morgan fingerprint density at radius 1 is 1.16 bits per heavy atom. The SMILES string of the molecule is O=C(O)C1(C(=O)Nc2c(Cl)cc(Cl)cc2Cl)CCC1. The van der Waals surface area contributed by atoms with Gasteiger partial charge in [0, 0.05) is 5.02 Å². The van der Waals surface area contributed by atoms with Gasteiger partial charge in [-0.05, 0) is 25.0 Å². The van der Waals surface area contributed by atoms with Crippen LogP contribution in [0.1, 0.15) is 19.3 Å². The Labute approximate surface area is 124 Å². The molecule has 1 aliphatic rings. The lowest BCUT2D eigenvalue weighted by molar-refractivity contribution is -0.159. The first kappa shape index (κ1) is 14.4. The van der Waals surface area contributed by atoms with Crippen LogP contribution in [0.25, 0.3) is 0 Å². The van der Waals surface area contributed by atoms with Gasteiger partial charge in [-0.3, -0.25) is 9.59 Å². The lowest BCUT2D eigenvalue weighted by Crippen LogP contribution is -2.48. The number of anilines is 1. The molecule has 0 aliphatic heterocycles. The van der Waals surface area contributed by atoms with Crippen molar-refractivity contribution in [1.82, 2.24) is 0 Å². The van der Waals surface area contributed by atoms with Gasteiger partial charge < -0.3 is 10.4 Å². The summed E-state index contributed by atoms with van der Waals surface area (Å²) in [6.45, 7) is 0. The number of carboxylic acids is 1. The fourth-order valence-electron chi connectivity index (χ4n) is 1.96. The molecule has 4 nitrogen and oxygen atoms in total. The highest BCUT2D eigenvalue weighted by molar-refractivity contribution is 6.42. The maximum Gasteiger partial charge on any atom is 0.319 e. The number of carboxylic acid groups (broad SMARTS) is 1. The molecule has 0 radical (unpaired) electrons. The van der Waals surface area contributed by atoms with Crippen LogP contribution in [-0.2, 0) is 9.59 Å². The lowest BCUT2D eigenvalue weighted by atomic mass is 9.68. The molecule has 1 amide bonds. The van der Waals surface area contributed by atoms with Crippen molar-refractivity contribution in [2.24, 2.45) is 5.41 Å². The molecular formula is C12H10Cl3NO3. The van der Waals surface area contributed by atoms with Gasteiger partial charge in [0.1, 0.15) is 5.41 Å². The van der Waals surface area contributed by atoms with Crippen molar-refractivity contribution in [1.29, 1.82) is 0 Å². The van der Waals surface area contributed by atoms with E-state index in [0.29, 0.717) is 24.3 Å². The van der Waals surface area contributed by atoms with Crippen molar-refractivity contribution >= 4 is 52.4 Å². The third-order valence-electron chi connectivity index (χ3n) is 3.30. The number of nitrogens with one attached hydrogen (secondary N) is 1. The standard InChI is InChI=1S/C12H10Cl3NO3/c13-6-4-7(14)9(8(15)5-6)16-10(17)12(11(18)19)2-1-3-12/h4-5H,1-3H2,(H,16,17)(H,18,19). The van der Waals surface area contributed by atoms with Crippen molar-refractivity contribution in [3.8, 4) is 0 Å². The summed E-state index contributed by atoms with van der Waals surface area (Å²) in [4.78, 5) is 23.3. The number of amides is 1.